The van der Waals surface area contributed by atoms with E-state index in [-0.39, 0.29) is 29.8 Å². The number of hydrogen-bond acceptors (Lipinski definition) is 4. The zero-order valence-electron chi connectivity index (χ0n) is 14.1. The first-order chi connectivity index (χ1) is 11.5. The third kappa shape index (κ3) is 4.06. The molecule has 1 saturated carbocycles. The van der Waals surface area contributed by atoms with Gasteiger partial charge in [0.15, 0.2) is 6.61 Å². The second-order valence-electron chi connectivity index (χ2n) is 7.16. The highest BCUT2D eigenvalue weighted by Gasteiger charge is 2.34. The largest absolute Gasteiger partial charge is 0.484 e. The standard InChI is InChI=1S/C18H25N3O3/c1-18(11-19)7-8-21(12-18)16(22)10-24-15-4-2-3-14(9-15)20-17(23)13-5-6-13/h2-4,9,13H,5-8,10-12,19H2,1H3,(H,20,23). The quantitative estimate of drug-likeness (QED) is 0.829. The van der Waals surface area contributed by atoms with Crippen molar-refractivity contribution in [3.8, 4) is 5.75 Å². The normalized spacial score (nSPS) is 23.2. The molecule has 1 unspecified atom stereocenters. The number of benzene rings is 1. The van der Waals surface area contributed by atoms with Gasteiger partial charge in [0.2, 0.25) is 5.91 Å². The monoisotopic (exact) mass is 331 g/mol. The molecule has 2 amide bonds. The van der Waals surface area contributed by atoms with E-state index in [1.54, 1.807) is 12.1 Å². The van der Waals surface area contributed by atoms with Crippen LogP contribution < -0.4 is 15.8 Å². The van der Waals surface area contributed by atoms with Crippen molar-refractivity contribution >= 4 is 17.5 Å². The van der Waals surface area contributed by atoms with Gasteiger partial charge in [-0.3, -0.25) is 9.59 Å². The van der Waals surface area contributed by atoms with Gasteiger partial charge in [0.1, 0.15) is 5.75 Å². The predicted octanol–water partition coefficient (Wildman–Crippen LogP) is 1.61. The molecule has 0 radical (unpaired) electrons. The Labute approximate surface area is 142 Å². The molecule has 0 aromatic heterocycles. The van der Waals surface area contributed by atoms with Gasteiger partial charge in [-0.1, -0.05) is 13.0 Å². The lowest BCUT2D eigenvalue weighted by molar-refractivity contribution is -0.132. The molecule has 6 nitrogen and oxygen atoms in total. The first kappa shape index (κ1) is 16.8. The number of rotatable bonds is 6. The Morgan fingerprint density at radius 1 is 1.42 bits per heavy atom. The van der Waals surface area contributed by atoms with E-state index in [0.29, 0.717) is 24.5 Å². The Hall–Kier alpha value is -2.08. The number of ether oxygens (including phenoxy) is 1. The number of nitrogens with two attached hydrogens (primary N) is 1. The van der Waals surface area contributed by atoms with Gasteiger partial charge in [-0.2, -0.15) is 0 Å². The SMILES string of the molecule is CC1(CN)CCN(C(=O)COc2cccc(NC(=O)C3CC3)c2)C1. The van der Waals surface area contributed by atoms with Gasteiger partial charge in [-0.25, -0.2) is 0 Å². The molecule has 1 aromatic carbocycles. The molecular formula is C18H25N3O3. The molecule has 1 aliphatic heterocycles. The number of nitrogens with one attached hydrogen (secondary N) is 1. The molecule has 1 aliphatic carbocycles. The summed E-state index contributed by atoms with van der Waals surface area (Å²) in [5.74, 6) is 0.766. The summed E-state index contributed by atoms with van der Waals surface area (Å²) < 4.78 is 5.61. The first-order valence-corrected chi connectivity index (χ1v) is 8.51. The number of amides is 2. The number of carbonyl (C=O) groups is 2. The summed E-state index contributed by atoms with van der Waals surface area (Å²) in [4.78, 5) is 25.9. The van der Waals surface area contributed by atoms with Crippen LogP contribution in [0.1, 0.15) is 26.2 Å². The van der Waals surface area contributed by atoms with Gasteiger partial charge in [0, 0.05) is 30.8 Å². The van der Waals surface area contributed by atoms with Gasteiger partial charge < -0.3 is 20.7 Å². The Bertz CT molecular complexity index is 630. The van der Waals surface area contributed by atoms with Gasteiger partial charge in [-0.05, 0) is 43.4 Å². The number of hydrogen-bond donors (Lipinski definition) is 2. The summed E-state index contributed by atoms with van der Waals surface area (Å²) in [7, 11) is 0. The van der Waals surface area contributed by atoms with Crippen LogP contribution in [0.3, 0.4) is 0 Å². The molecule has 0 spiro atoms. The second-order valence-corrected chi connectivity index (χ2v) is 7.16. The average Bonchev–Trinajstić information content (AvgIpc) is 3.36. The van der Waals surface area contributed by atoms with Crippen molar-refractivity contribution in [2.24, 2.45) is 17.1 Å². The van der Waals surface area contributed by atoms with Crippen LogP contribution in [0.5, 0.6) is 5.75 Å². The van der Waals surface area contributed by atoms with Crippen LogP contribution in [-0.4, -0.2) is 43.0 Å². The lowest BCUT2D eigenvalue weighted by Gasteiger charge is -2.22. The van der Waals surface area contributed by atoms with Crippen LogP contribution in [0.4, 0.5) is 5.69 Å². The zero-order valence-corrected chi connectivity index (χ0v) is 14.1. The van der Waals surface area contributed by atoms with Crippen LogP contribution in [0.2, 0.25) is 0 Å². The minimum Gasteiger partial charge on any atom is -0.484 e. The number of carbonyl (C=O) groups excluding carboxylic acids is 2. The fourth-order valence-electron chi connectivity index (χ4n) is 2.89. The van der Waals surface area contributed by atoms with E-state index < -0.39 is 0 Å². The van der Waals surface area contributed by atoms with Crippen LogP contribution >= 0.6 is 0 Å². The summed E-state index contributed by atoms with van der Waals surface area (Å²) in [5, 5.41) is 2.88. The minimum atomic E-state index is -0.0282. The number of anilines is 1. The van der Waals surface area contributed by atoms with Crippen molar-refractivity contribution in [1.29, 1.82) is 0 Å². The van der Waals surface area contributed by atoms with Crippen molar-refractivity contribution in [3.05, 3.63) is 24.3 Å². The van der Waals surface area contributed by atoms with E-state index in [4.69, 9.17) is 10.5 Å². The lowest BCUT2D eigenvalue weighted by atomic mass is 9.90. The van der Waals surface area contributed by atoms with E-state index in [2.05, 4.69) is 12.2 Å². The smallest absolute Gasteiger partial charge is 0.260 e. The minimum absolute atomic E-state index is 0.000671. The third-order valence-corrected chi connectivity index (χ3v) is 4.82. The van der Waals surface area contributed by atoms with Crippen molar-refractivity contribution < 1.29 is 14.3 Å². The molecule has 3 N–H and O–H groups in total. The van der Waals surface area contributed by atoms with Crippen molar-refractivity contribution in [2.45, 2.75) is 26.2 Å². The van der Waals surface area contributed by atoms with Gasteiger partial charge in [0.25, 0.3) is 5.91 Å². The molecule has 24 heavy (non-hydrogen) atoms. The molecule has 2 fully saturated rings. The molecule has 1 aromatic rings. The maximum Gasteiger partial charge on any atom is 0.260 e. The predicted molar refractivity (Wildman–Crippen MR) is 91.6 cm³/mol. The fourth-order valence-corrected chi connectivity index (χ4v) is 2.89. The highest BCUT2D eigenvalue weighted by Crippen LogP contribution is 2.31. The Kier molecular flexibility index (Phi) is 4.76. The van der Waals surface area contributed by atoms with E-state index in [9.17, 15) is 9.59 Å². The average molecular weight is 331 g/mol. The van der Waals surface area contributed by atoms with E-state index in [1.807, 2.05) is 17.0 Å². The molecule has 2 aliphatic rings. The van der Waals surface area contributed by atoms with Crippen LogP contribution in [-0.2, 0) is 9.59 Å². The van der Waals surface area contributed by atoms with Gasteiger partial charge >= 0.3 is 0 Å². The lowest BCUT2D eigenvalue weighted by Crippen LogP contribution is -2.36. The zero-order chi connectivity index (χ0) is 17.2. The summed E-state index contributed by atoms with van der Waals surface area (Å²) in [5.41, 5.74) is 6.49. The second kappa shape index (κ2) is 6.81. The molecule has 1 saturated heterocycles. The van der Waals surface area contributed by atoms with Crippen molar-refractivity contribution in [3.63, 3.8) is 0 Å². The summed E-state index contributed by atoms with van der Waals surface area (Å²) in [6.07, 6.45) is 2.86. The van der Waals surface area contributed by atoms with Gasteiger partial charge in [-0.15, -0.1) is 0 Å². The molecule has 1 atom stereocenters. The highest BCUT2D eigenvalue weighted by molar-refractivity contribution is 5.94. The Morgan fingerprint density at radius 2 is 2.21 bits per heavy atom. The molecule has 0 bridgehead atoms. The van der Waals surface area contributed by atoms with Crippen LogP contribution in [0, 0.1) is 11.3 Å². The third-order valence-electron chi connectivity index (χ3n) is 4.82. The van der Waals surface area contributed by atoms with Crippen molar-refractivity contribution in [1.82, 2.24) is 4.90 Å². The molecule has 6 heteroatoms. The Morgan fingerprint density at radius 3 is 2.88 bits per heavy atom. The van der Waals surface area contributed by atoms with E-state index in [0.717, 1.165) is 25.8 Å². The maximum atomic E-state index is 12.3. The molecular weight excluding hydrogens is 306 g/mol. The van der Waals surface area contributed by atoms with Crippen LogP contribution in [0.15, 0.2) is 24.3 Å². The van der Waals surface area contributed by atoms with E-state index in [1.165, 1.54) is 0 Å². The number of nitrogens with zero attached hydrogens (tertiary/aromatic N) is 1. The first-order valence-electron chi connectivity index (χ1n) is 8.51. The van der Waals surface area contributed by atoms with Gasteiger partial charge in [0.05, 0.1) is 0 Å². The summed E-state index contributed by atoms with van der Waals surface area (Å²) >= 11 is 0. The van der Waals surface area contributed by atoms with Crippen molar-refractivity contribution in [2.75, 3.05) is 31.6 Å². The fraction of sp³-hybridized carbons (Fsp3) is 0.556. The topological polar surface area (TPSA) is 84.7 Å². The summed E-state index contributed by atoms with van der Waals surface area (Å²) in [6, 6.07) is 7.17. The maximum absolute atomic E-state index is 12.3. The molecule has 3 rings (SSSR count). The number of likely N-dealkylation sites (tertiary alicyclic amines) is 1. The highest BCUT2D eigenvalue weighted by atomic mass is 16.5. The van der Waals surface area contributed by atoms with E-state index >= 15 is 0 Å². The molecule has 1 heterocycles. The summed E-state index contributed by atoms with van der Waals surface area (Å²) in [6.45, 7) is 4.10. The van der Waals surface area contributed by atoms with Crippen LogP contribution in [0.25, 0.3) is 0 Å². The Balaban J connectivity index is 1.51. The molecule has 130 valence electrons.